The lowest BCUT2D eigenvalue weighted by molar-refractivity contribution is 0.0943. The van der Waals surface area contributed by atoms with Crippen LogP contribution in [0.3, 0.4) is 0 Å². The lowest BCUT2D eigenvalue weighted by Crippen LogP contribution is -2.29. The second kappa shape index (κ2) is 12.6. The van der Waals surface area contributed by atoms with Crippen molar-refractivity contribution < 1.29 is 4.79 Å². The van der Waals surface area contributed by atoms with E-state index in [9.17, 15) is 4.79 Å². The van der Waals surface area contributed by atoms with Crippen molar-refractivity contribution in [1.29, 1.82) is 0 Å². The number of carbonyl (C=O) groups is 1. The number of nitrogens with zero attached hydrogens (tertiary/aromatic N) is 3. The summed E-state index contributed by atoms with van der Waals surface area (Å²) < 4.78 is 0. The zero-order chi connectivity index (χ0) is 25.3. The largest absolute Gasteiger partial charge is 0.360 e. The average molecular weight is 517 g/mol. The first kappa shape index (κ1) is 25.7. The Labute approximate surface area is 221 Å². The smallest absolute Gasteiger partial charge is 0.252 e. The molecule has 0 fully saturated rings. The van der Waals surface area contributed by atoms with Gasteiger partial charge in [0.2, 0.25) is 0 Å². The van der Waals surface area contributed by atoms with Crippen LogP contribution in [0.15, 0.2) is 96.2 Å². The van der Waals surface area contributed by atoms with E-state index in [1.807, 2.05) is 92.0 Å². The molecule has 0 aliphatic rings. The number of hydrogen-bond donors (Lipinski definition) is 1. The summed E-state index contributed by atoms with van der Waals surface area (Å²) in [5, 5.41) is 4.26. The summed E-state index contributed by atoms with van der Waals surface area (Å²) in [7, 11) is 2.00. The van der Waals surface area contributed by atoms with Crippen LogP contribution < -0.4 is 10.2 Å². The Bertz CT molecular complexity index is 1230. The van der Waals surface area contributed by atoms with E-state index in [0.717, 1.165) is 35.5 Å². The highest BCUT2D eigenvalue weighted by Gasteiger charge is 2.17. The van der Waals surface area contributed by atoms with Crippen molar-refractivity contribution in [2.45, 2.75) is 30.3 Å². The third-order valence-corrected chi connectivity index (χ3v) is 6.85. The Morgan fingerprint density at radius 1 is 0.944 bits per heavy atom. The fourth-order valence-electron chi connectivity index (χ4n) is 3.86. The van der Waals surface area contributed by atoms with Crippen LogP contribution in [0.25, 0.3) is 0 Å². The molecular formula is C29H29ClN4OS. The summed E-state index contributed by atoms with van der Waals surface area (Å²) in [6, 6.07) is 29.2. The number of rotatable bonds is 10. The molecule has 5 nitrogen and oxygen atoms in total. The lowest BCUT2D eigenvalue weighted by atomic mass is 9.98. The highest BCUT2D eigenvalue weighted by molar-refractivity contribution is 7.98. The summed E-state index contributed by atoms with van der Waals surface area (Å²) >= 11 is 7.75. The molecule has 0 aliphatic carbocycles. The normalized spacial score (nSPS) is 10.9. The van der Waals surface area contributed by atoms with Crippen LogP contribution in [0.5, 0.6) is 0 Å². The number of benzene rings is 3. The summed E-state index contributed by atoms with van der Waals surface area (Å²) in [4.78, 5) is 24.2. The van der Waals surface area contributed by atoms with E-state index in [1.165, 1.54) is 11.8 Å². The molecule has 0 aliphatic heterocycles. The molecule has 4 rings (SSSR count). The van der Waals surface area contributed by atoms with Gasteiger partial charge in [-0.3, -0.25) is 4.79 Å². The van der Waals surface area contributed by atoms with Gasteiger partial charge in [0.25, 0.3) is 5.91 Å². The molecule has 1 heterocycles. The van der Waals surface area contributed by atoms with Crippen molar-refractivity contribution in [3.63, 3.8) is 0 Å². The van der Waals surface area contributed by atoms with Gasteiger partial charge in [-0.25, -0.2) is 9.97 Å². The minimum Gasteiger partial charge on any atom is -0.360 e. The van der Waals surface area contributed by atoms with Crippen molar-refractivity contribution in [2.24, 2.45) is 0 Å². The molecular weight excluding hydrogens is 488 g/mol. The van der Waals surface area contributed by atoms with Crippen molar-refractivity contribution >= 4 is 35.1 Å². The number of carbonyl (C=O) groups excluding carboxylic acids is 1. The van der Waals surface area contributed by atoms with Gasteiger partial charge in [-0.1, -0.05) is 103 Å². The highest BCUT2D eigenvalue weighted by atomic mass is 35.5. The molecule has 7 heteroatoms. The van der Waals surface area contributed by atoms with Crippen LogP contribution in [0.4, 0.5) is 5.82 Å². The molecule has 0 saturated heterocycles. The zero-order valence-corrected chi connectivity index (χ0v) is 22.0. The fourth-order valence-corrected chi connectivity index (χ4v) is 4.90. The Morgan fingerprint density at radius 2 is 1.56 bits per heavy atom. The monoisotopic (exact) mass is 516 g/mol. The van der Waals surface area contributed by atoms with Crippen molar-refractivity contribution in [1.82, 2.24) is 15.3 Å². The first-order chi connectivity index (χ1) is 17.5. The summed E-state index contributed by atoms with van der Waals surface area (Å²) in [6.45, 7) is 3.03. The van der Waals surface area contributed by atoms with Gasteiger partial charge in [-0.15, -0.1) is 0 Å². The van der Waals surface area contributed by atoms with Crippen molar-refractivity contribution in [2.75, 3.05) is 18.5 Å². The van der Waals surface area contributed by atoms with Crippen molar-refractivity contribution in [3.05, 3.63) is 118 Å². The van der Waals surface area contributed by atoms with Crippen LogP contribution in [0, 0.1) is 0 Å². The van der Waals surface area contributed by atoms with E-state index >= 15 is 0 Å². The zero-order valence-electron chi connectivity index (χ0n) is 20.4. The second-order valence-corrected chi connectivity index (χ2v) is 9.80. The van der Waals surface area contributed by atoms with Crippen LogP contribution in [0.1, 0.15) is 46.4 Å². The Hall–Kier alpha value is -3.35. The summed E-state index contributed by atoms with van der Waals surface area (Å²) in [5.74, 6) is 1.38. The lowest BCUT2D eigenvalue weighted by Gasteiger charge is -2.20. The number of thioether (sulfide) groups is 1. The molecule has 0 bridgehead atoms. The van der Waals surface area contributed by atoms with E-state index in [4.69, 9.17) is 11.6 Å². The standard InChI is InChI=1S/C29H29ClN4OS/c1-3-18-34(2)26-19-25(30)31-29(32-26)36-20-21-14-16-24(17-15-21)28(35)33-27(22-10-6-4-7-11-22)23-12-8-5-9-13-23/h4-17,19,27H,3,18,20H2,1-2H3,(H,33,35). The van der Waals surface area contributed by atoms with Gasteiger partial charge in [-0.05, 0) is 35.2 Å². The number of amides is 1. The molecule has 0 atom stereocenters. The van der Waals surface area contributed by atoms with E-state index < -0.39 is 0 Å². The van der Waals surface area contributed by atoms with E-state index in [1.54, 1.807) is 6.07 Å². The molecule has 0 spiro atoms. The Kier molecular flexibility index (Phi) is 8.98. The van der Waals surface area contributed by atoms with Crippen LogP contribution in [-0.2, 0) is 5.75 Å². The first-order valence-electron chi connectivity index (χ1n) is 11.9. The molecule has 184 valence electrons. The van der Waals surface area contributed by atoms with Gasteiger partial charge in [0.05, 0.1) is 6.04 Å². The SMILES string of the molecule is CCCN(C)c1cc(Cl)nc(SCc2ccc(C(=O)NC(c3ccccc3)c3ccccc3)cc2)n1. The van der Waals surface area contributed by atoms with E-state index in [0.29, 0.717) is 21.6 Å². The molecule has 1 amide bonds. The molecule has 1 aromatic heterocycles. The topological polar surface area (TPSA) is 58.1 Å². The van der Waals surface area contributed by atoms with E-state index in [2.05, 4.69) is 27.1 Å². The number of anilines is 1. The third-order valence-electron chi connectivity index (χ3n) is 5.74. The quantitative estimate of drug-likeness (QED) is 0.143. The fraction of sp³-hybridized carbons (Fsp3) is 0.207. The number of hydrogen-bond acceptors (Lipinski definition) is 5. The molecule has 36 heavy (non-hydrogen) atoms. The maximum atomic E-state index is 13.1. The van der Waals surface area contributed by atoms with Gasteiger partial charge in [0.1, 0.15) is 11.0 Å². The predicted molar refractivity (Wildman–Crippen MR) is 149 cm³/mol. The van der Waals surface area contributed by atoms with Crippen molar-refractivity contribution in [3.8, 4) is 0 Å². The van der Waals surface area contributed by atoms with Crippen LogP contribution >= 0.6 is 23.4 Å². The van der Waals surface area contributed by atoms with Gasteiger partial charge >= 0.3 is 0 Å². The van der Waals surface area contributed by atoms with Gasteiger partial charge in [0, 0.05) is 31.0 Å². The molecule has 1 N–H and O–H groups in total. The Morgan fingerprint density at radius 3 is 2.14 bits per heavy atom. The maximum Gasteiger partial charge on any atom is 0.252 e. The minimum absolute atomic E-state index is 0.117. The molecule has 4 aromatic rings. The molecule has 0 saturated carbocycles. The van der Waals surface area contributed by atoms with E-state index in [-0.39, 0.29) is 11.9 Å². The maximum absolute atomic E-state index is 13.1. The summed E-state index contributed by atoms with van der Waals surface area (Å²) in [6.07, 6.45) is 1.03. The first-order valence-corrected chi connectivity index (χ1v) is 13.3. The van der Waals surface area contributed by atoms with Crippen LogP contribution in [0.2, 0.25) is 5.15 Å². The summed E-state index contributed by atoms with van der Waals surface area (Å²) in [5.41, 5.74) is 3.76. The number of nitrogens with one attached hydrogen (secondary N) is 1. The molecule has 3 aromatic carbocycles. The highest BCUT2D eigenvalue weighted by Crippen LogP contribution is 2.25. The van der Waals surface area contributed by atoms with Crippen LogP contribution in [-0.4, -0.2) is 29.5 Å². The third kappa shape index (κ3) is 6.86. The predicted octanol–water partition coefficient (Wildman–Crippen LogP) is 6.79. The van der Waals surface area contributed by atoms with Gasteiger partial charge in [0.15, 0.2) is 5.16 Å². The number of halogens is 1. The van der Waals surface area contributed by atoms with Gasteiger partial charge < -0.3 is 10.2 Å². The average Bonchev–Trinajstić information content (AvgIpc) is 2.91. The second-order valence-electron chi connectivity index (χ2n) is 8.47. The number of aromatic nitrogens is 2. The van der Waals surface area contributed by atoms with Gasteiger partial charge in [-0.2, -0.15) is 0 Å². The minimum atomic E-state index is -0.227. The Balaban J connectivity index is 1.42. The molecule has 0 unspecified atom stereocenters. The molecule has 0 radical (unpaired) electrons.